The summed E-state index contributed by atoms with van der Waals surface area (Å²) in [5.41, 5.74) is 3.93. The van der Waals surface area contributed by atoms with Crippen LogP contribution in [0.15, 0.2) is 83.3 Å². The molecule has 2 amide bonds. The molecule has 1 atom stereocenters. The summed E-state index contributed by atoms with van der Waals surface area (Å²) in [6.07, 6.45) is 1.63. The van der Waals surface area contributed by atoms with Crippen molar-refractivity contribution in [3.8, 4) is 11.5 Å². The number of carbonyl (C=O) groups is 2. The van der Waals surface area contributed by atoms with Gasteiger partial charge in [-0.25, -0.2) is 4.98 Å². The first kappa shape index (κ1) is 22.8. The second-order valence-corrected chi connectivity index (χ2v) is 9.19. The molecule has 0 saturated carbocycles. The first-order chi connectivity index (χ1) is 17.1. The first-order valence-corrected chi connectivity index (χ1v) is 12.2. The van der Waals surface area contributed by atoms with E-state index >= 15 is 0 Å². The maximum absolute atomic E-state index is 13.2. The van der Waals surface area contributed by atoms with Gasteiger partial charge in [0.25, 0.3) is 5.91 Å². The van der Waals surface area contributed by atoms with E-state index < -0.39 is 0 Å². The van der Waals surface area contributed by atoms with E-state index in [1.54, 1.807) is 6.07 Å². The van der Waals surface area contributed by atoms with Crippen LogP contribution in [0.2, 0.25) is 0 Å². The van der Waals surface area contributed by atoms with Crippen molar-refractivity contribution >= 4 is 22.9 Å². The third-order valence-electron chi connectivity index (χ3n) is 6.91. The van der Waals surface area contributed by atoms with E-state index in [9.17, 15) is 9.59 Å². The largest absolute Gasteiger partial charge is 0.436 e. The minimum absolute atomic E-state index is 0.0100. The van der Waals surface area contributed by atoms with E-state index in [1.165, 1.54) is 0 Å². The highest BCUT2D eigenvalue weighted by Crippen LogP contribution is 2.28. The van der Waals surface area contributed by atoms with Gasteiger partial charge in [-0.15, -0.1) is 0 Å². The number of carbonyl (C=O) groups excluding carboxylic acids is 2. The van der Waals surface area contributed by atoms with Crippen molar-refractivity contribution in [2.75, 3.05) is 13.1 Å². The zero-order valence-corrected chi connectivity index (χ0v) is 19.8. The average molecular weight is 468 g/mol. The highest BCUT2D eigenvalue weighted by Gasteiger charge is 2.30. The lowest BCUT2D eigenvalue weighted by Gasteiger charge is -2.34. The number of amides is 2. The zero-order chi connectivity index (χ0) is 24.2. The fourth-order valence-corrected chi connectivity index (χ4v) is 4.71. The van der Waals surface area contributed by atoms with Crippen LogP contribution in [0, 0.1) is 11.8 Å². The minimum atomic E-state index is -0.0853. The van der Waals surface area contributed by atoms with Crippen molar-refractivity contribution in [1.29, 1.82) is 0 Å². The van der Waals surface area contributed by atoms with Gasteiger partial charge in [0.1, 0.15) is 5.52 Å². The molecule has 1 fully saturated rings. The SMILES string of the molecule is CC(C(=O)NCc1ccccc1)C1CCN(C(=O)c2ccc3nc(-c4ccccc4)oc3c2)CC1. The Bertz CT molecular complexity index is 1310. The van der Waals surface area contributed by atoms with Crippen LogP contribution in [0.1, 0.15) is 35.7 Å². The quantitative estimate of drug-likeness (QED) is 0.418. The van der Waals surface area contributed by atoms with Crippen molar-refractivity contribution in [3.63, 3.8) is 0 Å². The maximum Gasteiger partial charge on any atom is 0.253 e. The Morgan fingerprint density at radius 3 is 2.40 bits per heavy atom. The number of aromatic nitrogens is 1. The van der Waals surface area contributed by atoms with Gasteiger partial charge in [0.05, 0.1) is 0 Å². The monoisotopic (exact) mass is 467 g/mol. The number of hydrogen-bond donors (Lipinski definition) is 1. The lowest BCUT2D eigenvalue weighted by atomic mass is 9.84. The van der Waals surface area contributed by atoms with Crippen LogP contribution in [-0.4, -0.2) is 34.8 Å². The predicted molar refractivity (Wildman–Crippen MR) is 136 cm³/mol. The van der Waals surface area contributed by atoms with Crippen LogP contribution in [0.4, 0.5) is 0 Å². The highest BCUT2D eigenvalue weighted by atomic mass is 16.3. The van der Waals surface area contributed by atoms with Gasteiger partial charge < -0.3 is 14.6 Å². The summed E-state index contributed by atoms with van der Waals surface area (Å²) in [4.78, 5) is 32.3. The Morgan fingerprint density at radius 2 is 1.69 bits per heavy atom. The molecule has 1 saturated heterocycles. The molecule has 0 radical (unpaired) electrons. The van der Waals surface area contributed by atoms with Crippen LogP contribution in [-0.2, 0) is 11.3 Å². The standard InChI is InChI=1S/C29H29N3O3/c1-20(27(33)30-19-21-8-4-2-5-9-21)22-14-16-32(17-15-22)29(34)24-12-13-25-26(18-24)35-28(31-25)23-10-6-3-7-11-23/h2-13,18,20,22H,14-17,19H2,1H3,(H,30,33). The third-order valence-corrected chi connectivity index (χ3v) is 6.91. The zero-order valence-electron chi connectivity index (χ0n) is 19.8. The molecule has 2 heterocycles. The summed E-state index contributed by atoms with van der Waals surface area (Å²) < 4.78 is 5.94. The topological polar surface area (TPSA) is 75.4 Å². The number of piperidine rings is 1. The number of rotatable bonds is 6. The molecule has 1 aromatic heterocycles. The van der Waals surface area contributed by atoms with E-state index in [0.717, 1.165) is 29.5 Å². The molecule has 1 unspecified atom stereocenters. The van der Waals surface area contributed by atoms with Gasteiger partial charge in [-0.1, -0.05) is 55.5 Å². The van der Waals surface area contributed by atoms with Crippen molar-refractivity contribution in [1.82, 2.24) is 15.2 Å². The average Bonchev–Trinajstić information content (AvgIpc) is 3.36. The molecule has 1 N–H and O–H groups in total. The number of nitrogens with one attached hydrogen (secondary N) is 1. The van der Waals surface area contributed by atoms with E-state index in [4.69, 9.17) is 4.42 Å². The normalized spacial score (nSPS) is 15.2. The summed E-state index contributed by atoms with van der Waals surface area (Å²) in [5, 5.41) is 3.05. The Labute approximate surface area is 205 Å². The first-order valence-electron chi connectivity index (χ1n) is 12.2. The van der Waals surface area contributed by atoms with Crippen molar-refractivity contribution in [3.05, 3.63) is 90.0 Å². The lowest BCUT2D eigenvalue weighted by molar-refractivity contribution is -0.126. The van der Waals surface area contributed by atoms with Crippen molar-refractivity contribution < 1.29 is 14.0 Å². The Morgan fingerprint density at radius 1 is 1.00 bits per heavy atom. The van der Waals surface area contributed by atoms with Gasteiger partial charge in [0.15, 0.2) is 5.58 Å². The second kappa shape index (κ2) is 10.1. The van der Waals surface area contributed by atoms with Crippen LogP contribution in [0.5, 0.6) is 0 Å². The number of hydrogen-bond acceptors (Lipinski definition) is 4. The van der Waals surface area contributed by atoms with Crippen LogP contribution < -0.4 is 5.32 Å². The van der Waals surface area contributed by atoms with Crippen LogP contribution in [0.3, 0.4) is 0 Å². The molecule has 6 nitrogen and oxygen atoms in total. The summed E-state index contributed by atoms with van der Waals surface area (Å²) in [7, 11) is 0. The van der Waals surface area contributed by atoms with Gasteiger partial charge in [-0.05, 0) is 54.7 Å². The Hall–Kier alpha value is -3.93. The fourth-order valence-electron chi connectivity index (χ4n) is 4.71. The Balaban J connectivity index is 1.18. The van der Waals surface area contributed by atoms with Gasteiger partial charge in [-0.2, -0.15) is 0 Å². The molecule has 1 aliphatic heterocycles. The summed E-state index contributed by atoms with van der Waals surface area (Å²) in [5.74, 6) is 0.788. The summed E-state index contributed by atoms with van der Waals surface area (Å²) >= 11 is 0. The van der Waals surface area contributed by atoms with E-state index in [2.05, 4.69) is 10.3 Å². The van der Waals surface area contributed by atoms with Crippen LogP contribution >= 0.6 is 0 Å². The molecule has 6 heteroatoms. The van der Waals surface area contributed by atoms with E-state index in [1.807, 2.05) is 84.6 Å². The van der Waals surface area contributed by atoms with Crippen molar-refractivity contribution in [2.45, 2.75) is 26.3 Å². The maximum atomic E-state index is 13.2. The molecule has 0 spiro atoms. The highest BCUT2D eigenvalue weighted by molar-refractivity contribution is 5.97. The summed E-state index contributed by atoms with van der Waals surface area (Å²) in [6.45, 7) is 3.81. The molecule has 178 valence electrons. The van der Waals surface area contributed by atoms with Gasteiger partial charge >= 0.3 is 0 Å². The Kier molecular flexibility index (Phi) is 6.62. The van der Waals surface area contributed by atoms with Gasteiger partial charge in [0, 0.05) is 36.7 Å². The summed E-state index contributed by atoms with van der Waals surface area (Å²) in [6, 6.07) is 25.1. The fraction of sp³-hybridized carbons (Fsp3) is 0.276. The molecule has 0 bridgehead atoms. The molecule has 35 heavy (non-hydrogen) atoms. The third kappa shape index (κ3) is 5.11. The number of nitrogens with zero attached hydrogens (tertiary/aromatic N) is 2. The van der Waals surface area contributed by atoms with Gasteiger partial charge in [0.2, 0.25) is 11.8 Å². The smallest absolute Gasteiger partial charge is 0.253 e. The number of oxazole rings is 1. The second-order valence-electron chi connectivity index (χ2n) is 9.19. The number of benzene rings is 3. The van der Waals surface area contributed by atoms with E-state index in [0.29, 0.717) is 36.7 Å². The van der Waals surface area contributed by atoms with Gasteiger partial charge in [-0.3, -0.25) is 9.59 Å². The molecular formula is C29H29N3O3. The molecule has 5 rings (SSSR count). The van der Waals surface area contributed by atoms with Crippen LogP contribution in [0.25, 0.3) is 22.6 Å². The molecule has 3 aromatic carbocycles. The van der Waals surface area contributed by atoms with Crippen molar-refractivity contribution in [2.24, 2.45) is 11.8 Å². The van der Waals surface area contributed by atoms with E-state index in [-0.39, 0.29) is 23.7 Å². The molecule has 4 aromatic rings. The molecule has 0 aliphatic carbocycles. The molecule has 1 aliphatic rings. The number of fused-ring (bicyclic) bond motifs is 1. The number of likely N-dealkylation sites (tertiary alicyclic amines) is 1. The predicted octanol–water partition coefficient (Wildman–Crippen LogP) is 5.30. The molecular weight excluding hydrogens is 438 g/mol. The minimum Gasteiger partial charge on any atom is -0.436 e. The lowest BCUT2D eigenvalue weighted by Crippen LogP contribution is -2.42.